The molecule has 1 aromatic heterocycles. The van der Waals surface area contributed by atoms with Crippen molar-refractivity contribution in [3.05, 3.63) is 5.28 Å². The van der Waals surface area contributed by atoms with E-state index in [1.54, 1.807) is 0 Å². The summed E-state index contributed by atoms with van der Waals surface area (Å²) in [6.07, 6.45) is 4.00. The summed E-state index contributed by atoms with van der Waals surface area (Å²) in [4.78, 5) is 14.3. The van der Waals surface area contributed by atoms with Crippen molar-refractivity contribution in [3.8, 4) is 6.01 Å². The van der Waals surface area contributed by atoms with E-state index in [1.165, 1.54) is 7.11 Å². The average molecular weight is 273 g/mol. The molecule has 2 heterocycles. The van der Waals surface area contributed by atoms with Crippen LogP contribution in [0.3, 0.4) is 0 Å². The second-order valence-electron chi connectivity index (χ2n) is 4.25. The van der Waals surface area contributed by atoms with Gasteiger partial charge >= 0.3 is 6.01 Å². The van der Waals surface area contributed by atoms with Gasteiger partial charge in [-0.05, 0) is 37.3 Å². The fourth-order valence-corrected chi connectivity index (χ4v) is 2.40. The van der Waals surface area contributed by atoms with E-state index in [2.05, 4.69) is 19.9 Å². The molecule has 0 aromatic carbocycles. The van der Waals surface area contributed by atoms with Gasteiger partial charge in [0.05, 0.1) is 7.11 Å². The smallest absolute Gasteiger partial charge is 0.322 e. The van der Waals surface area contributed by atoms with E-state index < -0.39 is 0 Å². The molecule has 1 atom stereocenters. The summed E-state index contributed by atoms with van der Waals surface area (Å²) in [5.41, 5.74) is 0. The van der Waals surface area contributed by atoms with Crippen LogP contribution in [0, 0.1) is 0 Å². The van der Waals surface area contributed by atoms with Crippen LogP contribution >= 0.6 is 11.6 Å². The Hall–Kier alpha value is -1.14. The van der Waals surface area contributed by atoms with Crippen LogP contribution in [-0.4, -0.2) is 46.4 Å². The molecule has 18 heavy (non-hydrogen) atoms. The van der Waals surface area contributed by atoms with Gasteiger partial charge in [0.25, 0.3) is 0 Å². The van der Waals surface area contributed by atoms with Crippen LogP contribution < -0.4 is 9.64 Å². The predicted octanol–water partition coefficient (Wildman–Crippen LogP) is 1.27. The number of rotatable bonds is 4. The Morgan fingerprint density at radius 1 is 1.39 bits per heavy atom. The molecule has 1 aliphatic heterocycles. The minimum absolute atomic E-state index is 0.130. The minimum atomic E-state index is 0.130. The number of piperidine rings is 1. The molecule has 1 fully saturated rings. The molecule has 0 amide bonds. The van der Waals surface area contributed by atoms with Crippen molar-refractivity contribution in [1.29, 1.82) is 0 Å². The van der Waals surface area contributed by atoms with Gasteiger partial charge in [0.2, 0.25) is 11.2 Å². The zero-order valence-electron chi connectivity index (χ0n) is 10.3. The van der Waals surface area contributed by atoms with Gasteiger partial charge in [-0.25, -0.2) is 0 Å². The number of aromatic nitrogens is 3. The van der Waals surface area contributed by atoms with Crippen molar-refractivity contribution in [2.75, 3.05) is 25.2 Å². The minimum Gasteiger partial charge on any atom is -0.467 e. The van der Waals surface area contributed by atoms with Crippen molar-refractivity contribution in [2.45, 2.75) is 31.7 Å². The molecule has 0 spiro atoms. The number of hydrogen-bond acceptors (Lipinski definition) is 6. The van der Waals surface area contributed by atoms with Crippen LogP contribution in [0.1, 0.15) is 25.7 Å². The van der Waals surface area contributed by atoms with E-state index in [0.29, 0.717) is 12.4 Å². The van der Waals surface area contributed by atoms with Gasteiger partial charge in [-0.15, -0.1) is 0 Å². The maximum absolute atomic E-state index is 9.11. The summed E-state index contributed by atoms with van der Waals surface area (Å²) in [7, 11) is 1.50. The lowest BCUT2D eigenvalue weighted by Crippen LogP contribution is -2.41. The number of aliphatic hydroxyl groups excluding tert-OH is 1. The van der Waals surface area contributed by atoms with Crippen LogP contribution in [0.5, 0.6) is 6.01 Å². The maximum atomic E-state index is 9.11. The standard InChI is InChI=1S/C11H17ClN4O2/c1-18-11-14-9(12)13-10(15-11)16-6-3-2-4-8(16)5-7-17/h8,17H,2-7H2,1H3. The molecule has 6 nitrogen and oxygen atoms in total. The monoisotopic (exact) mass is 272 g/mol. The number of aliphatic hydroxyl groups is 1. The Bertz CT molecular complexity index is 403. The summed E-state index contributed by atoms with van der Waals surface area (Å²) in [6, 6.07) is 0.477. The highest BCUT2D eigenvalue weighted by molar-refractivity contribution is 6.28. The van der Waals surface area contributed by atoms with Crippen LogP contribution in [0.4, 0.5) is 5.95 Å². The molecular weight excluding hydrogens is 256 g/mol. The summed E-state index contributed by atoms with van der Waals surface area (Å²) >= 11 is 5.85. The van der Waals surface area contributed by atoms with Crippen LogP contribution in [-0.2, 0) is 0 Å². The largest absolute Gasteiger partial charge is 0.467 e. The van der Waals surface area contributed by atoms with Crippen LogP contribution in [0.2, 0.25) is 5.28 Å². The molecule has 1 saturated heterocycles. The summed E-state index contributed by atoms with van der Waals surface area (Å²) in [6.45, 7) is 1.03. The summed E-state index contributed by atoms with van der Waals surface area (Å²) < 4.78 is 5.00. The highest BCUT2D eigenvalue weighted by Crippen LogP contribution is 2.25. The second kappa shape index (κ2) is 6.15. The topological polar surface area (TPSA) is 71.4 Å². The lowest BCUT2D eigenvalue weighted by atomic mass is 10.0. The van der Waals surface area contributed by atoms with E-state index in [1.807, 2.05) is 0 Å². The molecule has 0 bridgehead atoms. The van der Waals surface area contributed by atoms with Gasteiger partial charge < -0.3 is 14.7 Å². The number of anilines is 1. The number of halogens is 1. The molecule has 7 heteroatoms. The van der Waals surface area contributed by atoms with E-state index in [4.69, 9.17) is 21.4 Å². The van der Waals surface area contributed by atoms with Crippen molar-refractivity contribution >= 4 is 17.5 Å². The van der Waals surface area contributed by atoms with Crippen molar-refractivity contribution in [2.24, 2.45) is 0 Å². The van der Waals surface area contributed by atoms with Crippen molar-refractivity contribution in [3.63, 3.8) is 0 Å². The Kier molecular flexibility index (Phi) is 4.54. The molecule has 1 aromatic rings. The molecule has 0 radical (unpaired) electrons. The van der Waals surface area contributed by atoms with Gasteiger partial charge in [-0.3, -0.25) is 0 Å². The predicted molar refractivity (Wildman–Crippen MR) is 68.1 cm³/mol. The van der Waals surface area contributed by atoms with Gasteiger partial charge in [-0.2, -0.15) is 15.0 Å². The van der Waals surface area contributed by atoms with E-state index in [0.717, 1.165) is 25.8 Å². The zero-order valence-corrected chi connectivity index (χ0v) is 11.1. The number of methoxy groups -OCH3 is 1. The normalized spacial score (nSPS) is 19.9. The van der Waals surface area contributed by atoms with E-state index >= 15 is 0 Å². The third-order valence-corrected chi connectivity index (χ3v) is 3.27. The quantitative estimate of drug-likeness (QED) is 0.890. The fraction of sp³-hybridized carbons (Fsp3) is 0.727. The number of nitrogens with zero attached hydrogens (tertiary/aromatic N) is 4. The first-order chi connectivity index (χ1) is 8.74. The Labute approximate surface area is 111 Å². The first-order valence-corrected chi connectivity index (χ1v) is 6.45. The zero-order chi connectivity index (χ0) is 13.0. The SMILES string of the molecule is COc1nc(Cl)nc(N2CCCCC2CCO)n1. The van der Waals surface area contributed by atoms with E-state index in [9.17, 15) is 0 Å². The molecular formula is C11H17ClN4O2. The Morgan fingerprint density at radius 3 is 2.94 bits per heavy atom. The Balaban J connectivity index is 2.24. The number of ether oxygens (including phenoxy) is 1. The lowest BCUT2D eigenvalue weighted by molar-refractivity contribution is 0.261. The lowest BCUT2D eigenvalue weighted by Gasteiger charge is -2.35. The first-order valence-electron chi connectivity index (χ1n) is 6.07. The average Bonchev–Trinajstić information content (AvgIpc) is 2.39. The van der Waals surface area contributed by atoms with Crippen LogP contribution in [0.25, 0.3) is 0 Å². The molecule has 2 rings (SSSR count). The molecule has 1 N–H and O–H groups in total. The molecule has 1 aliphatic rings. The van der Waals surface area contributed by atoms with Gasteiger partial charge in [0.1, 0.15) is 0 Å². The molecule has 0 saturated carbocycles. The highest BCUT2D eigenvalue weighted by Gasteiger charge is 2.25. The fourth-order valence-electron chi connectivity index (χ4n) is 2.25. The van der Waals surface area contributed by atoms with Gasteiger partial charge in [-0.1, -0.05) is 0 Å². The third-order valence-electron chi connectivity index (χ3n) is 3.10. The third kappa shape index (κ3) is 3.00. The molecule has 100 valence electrons. The first kappa shape index (κ1) is 13.3. The van der Waals surface area contributed by atoms with Gasteiger partial charge in [0, 0.05) is 19.2 Å². The second-order valence-corrected chi connectivity index (χ2v) is 4.58. The highest BCUT2D eigenvalue weighted by atomic mass is 35.5. The van der Waals surface area contributed by atoms with E-state index in [-0.39, 0.29) is 23.9 Å². The number of hydrogen-bond donors (Lipinski definition) is 1. The van der Waals surface area contributed by atoms with Crippen LogP contribution in [0.15, 0.2) is 0 Å². The van der Waals surface area contributed by atoms with Crippen molar-refractivity contribution < 1.29 is 9.84 Å². The van der Waals surface area contributed by atoms with Gasteiger partial charge in [0.15, 0.2) is 0 Å². The summed E-state index contributed by atoms with van der Waals surface area (Å²) in [5, 5.41) is 9.24. The summed E-state index contributed by atoms with van der Waals surface area (Å²) in [5.74, 6) is 0.532. The maximum Gasteiger partial charge on any atom is 0.322 e. The molecule has 1 unspecified atom stereocenters. The Morgan fingerprint density at radius 2 is 2.22 bits per heavy atom. The van der Waals surface area contributed by atoms with Crippen molar-refractivity contribution in [1.82, 2.24) is 15.0 Å². The molecule has 0 aliphatic carbocycles.